The third-order valence-electron chi connectivity index (χ3n) is 3.86. The lowest BCUT2D eigenvalue weighted by Crippen LogP contribution is -2.46. The molecule has 1 aliphatic carbocycles. The van der Waals surface area contributed by atoms with E-state index in [0.29, 0.717) is 12.5 Å². The Kier molecular flexibility index (Phi) is 5.26. The first kappa shape index (κ1) is 13.5. The first-order valence-electron chi connectivity index (χ1n) is 6.69. The van der Waals surface area contributed by atoms with Gasteiger partial charge >= 0.3 is 0 Å². The standard InChI is InChI=1S/C13H26N2O/c1-3-5-10-15(4-2)12(16)13(11-14)8-6-7-9-13/h3-11,14H2,1-2H3. The molecule has 0 unspecified atom stereocenters. The maximum atomic E-state index is 12.5. The molecule has 16 heavy (non-hydrogen) atoms. The number of nitrogens with two attached hydrogens (primary N) is 1. The molecule has 0 atom stereocenters. The van der Waals surface area contributed by atoms with Gasteiger partial charge in [0, 0.05) is 19.6 Å². The van der Waals surface area contributed by atoms with Gasteiger partial charge in [0.1, 0.15) is 0 Å². The van der Waals surface area contributed by atoms with Crippen LogP contribution in [0.2, 0.25) is 0 Å². The summed E-state index contributed by atoms with van der Waals surface area (Å²) in [5.74, 6) is 0.309. The Morgan fingerprint density at radius 1 is 1.31 bits per heavy atom. The van der Waals surface area contributed by atoms with E-state index in [0.717, 1.165) is 51.6 Å². The summed E-state index contributed by atoms with van der Waals surface area (Å²) >= 11 is 0. The van der Waals surface area contributed by atoms with Crippen LogP contribution in [0, 0.1) is 5.41 Å². The van der Waals surface area contributed by atoms with E-state index in [1.807, 2.05) is 4.90 Å². The van der Waals surface area contributed by atoms with Crippen molar-refractivity contribution < 1.29 is 4.79 Å². The fraction of sp³-hybridized carbons (Fsp3) is 0.923. The molecular formula is C13H26N2O. The Hall–Kier alpha value is -0.570. The molecule has 3 nitrogen and oxygen atoms in total. The Morgan fingerprint density at radius 2 is 1.94 bits per heavy atom. The van der Waals surface area contributed by atoms with Crippen molar-refractivity contribution in [3.8, 4) is 0 Å². The lowest BCUT2D eigenvalue weighted by atomic mass is 9.84. The smallest absolute Gasteiger partial charge is 0.230 e. The van der Waals surface area contributed by atoms with E-state index < -0.39 is 0 Å². The second-order valence-electron chi connectivity index (χ2n) is 4.93. The maximum Gasteiger partial charge on any atom is 0.230 e. The summed E-state index contributed by atoms with van der Waals surface area (Å²) in [5.41, 5.74) is 5.62. The Labute approximate surface area is 99.4 Å². The summed E-state index contributed by atoms with van der Waals surface area (Å²) in [6, 6.07) is 0. The molecule has 0 spiro atoms. The summed E-state index contributed by atoms with van der Waals surface area (Å²) in [6.45, 7) is 6.46. The van der Waals surface area contributed by atoms with Gasteiger partial charge in [0.05, 0.1) is 5.41 Å². The average Bonchev–Trinajstić information content (AvgIpc) is 2.79. The zero-order valence-electron chi connectivity index (χ0n) is 10.8. The van der Waals surface area contributed by atoms with E-state index in [9.17, 15) is 4.79 Å². The molecule has 3 heteroatoms. The third kappa shape index (κ3) is 2.76. The van der Waals surface area contributed by atoms with Crippen LogP contribution in [0.5, 0.6) is 0 Å². The lowest BCUT2D eigenvalue weighted by Gasteiger charge is -2.33. The highest BCUT2D eigenvalue weighted by atomic mass is 16.2. The highest BCUT2D eigenvalue weighted by Gasteiger charge is 2.41. The summed E-state index contributed by atoms with van der Waals surface area (Å²) in [7, 11) is 0. The molecule has 1 fully saturated rings. The first-order chi connectivity index (χ1) is 7.70. The Balaban J connectivity index is 2.64. The number of carbonyl (C=O) groups excluding carboxylic acids is 1. The van der Waals surface area contributed by atoms with Gasteiger partial charge in [-0.3, -0.25) is 4.79 Å². The summed E-state index contributed by atoms with van der Waals surface area (Å²) in [6.07, 6.45) is 6.54. The first-order valence-corrected chi connectivity index (χ1v) is 6.69. The third-order valence-corrected chi connectivity index (χ3v) is 3.86. The number of rotatable bonds is 6. The van der Waals surface area contributed by atoms with Gasteiger partial charge in [-0.2, -0.15) is 0 Å². The zero-order valence-corrected chi connectivity index (χ0v) is 10.8. The molecule has 0 aromatic heterocycles. The zero-order chi connectivity index (χ0) is 12.0. The second-order valence-corrected chi connectivity index (χ2v) is 4.93. The molecular weight excluding hydrogens is 200 g/mol. The maximum absolute atomic E-state index is 12.5. The Morgan fingerprint density at radius 3 is 2.38 bits per heavy atom. The van der Waals surface area contributed by atoms with E-state index in [1.54, 1.807) is 0 Å². The van der Waals surface area contributed by atoms with Crippen molar-refractivity contribution in [1.82, 2.24) is 4.90 Å². The van der Waals surface area contributed by atoms with Crippen LogP contribution in [-0.2, 0) is 4.79 Å². The predicted molar refractivity (Wildman–Crippen MR) is 67.1 cm³/mol. The molecule has 1 rings (SSSR count). The topological polar surface area (TPSA) is 46.3 Å². The van der Waals surface area contributed by atoms with Crippen molar-refractivity contribution in [2.45, 2.75) is 52.4 Å². The van der Waals surface area contributed by atoms with Gasteiger partial charge in [0.25, 0.3) is 0 Å². The van der Waals surface area contributed by atoms with Crippen molar-refractivity contribution in [3.05, 3.63) is 0 Å². The fourth-order valence-corrected chi connectivity index (χ4v) is 2.64. The predicted octanol–water partition coefficient (Wildman–Crippen LogP) is 2.15. The van der Waals surface area contributed by atoms with E-state index in [1.165, 1.54) is 0 Å². The van der Waals surface area contributed by atoms with E-state index in [-0.39, 0.29) is 5.41 Å². The van der Waals surface area contributed by atoms with Crippen LogP contribution in [0.3, 0.4) is 0 Å². The van der Waals surface area contributed by atoms with Crippen LogP contribution in [0.25, 0.3) is 0 Å². The summed E-state index contributed by atoms with van der Waals surface area (Å²) in [5, 5.41) is 0. The van der Waals surface area contributed by atoms with Crippen LogP contribution < -0.4 is 5.73 Å². The van der Waals surface area contributed by atoms with Crippen molar-refractivity contribution in [2.75, 3.05) is 19.6 Å². The largest absolute Gasteiger partial charge is 0.342 e. The molecule has 0 bridgehead atoms. The van der Waals surface area contributed by atoms with Crippen LogP contribution in [0.4, 0.5) is 0 Å². The number of amides is 1. The number of hydrogen-bond acceptors (Lipinski definition) is 2. The molecule has 0 radical (unpaired) electrons. The molecule has 0 saturated heterocycles. The lowest BCUT2D eigenvalue weighted by molar-refractivity contribution is -0.141. The second kappa shape index (κ2) is 6.24. The number of carbonyl (C=O) groups is 1. The molecule has 0 heterocycles. The SMILES string of the molecule is CCCCN(CC)C(=O)C1(CN)CCCC1. The van der Waals surface area contributed by atoms with Crippen LogP contribution in [0.15, 0.2) is 0 Å². The minimum absolute atomic E-state index is 0.219. The Bertz CT molecular complexity index is 222. The van der Waals surface area contributed by atoms with Gasteiger partial charge in [0.2, 0.25) is 5.91 Å². The summed E-state index contributed by atoms with van der Waals surface area (Å²) in [4.78, 5) is 14.5. The van der Waals surface area contributed by atoms with Gasteiger partial charge in [-0.25, -0.2) is 0 Å². The molecule has 0 aromatic carbocycles. The van der Waals surface area contributed by atoms with Gasteiger partial charge in [-0.1, -0.05) is 26.2 Å². The molecule has 1 aliphatic rings. The molecule has 0 aromatic rings. The number of unbranched alkanes of at least 4 members (excludes halogenated alkanes) is 1. The molecule has 1 saturated carbocycles. The van der Waals surface area contributed by atoms with Crippen LogP contribution >= 0.6 is 0 Å². The molecule has 2 N–H and O–H groups in total. The minimum Gasteiger partial charge on any atom is -0.342 e. The van der Waals surface area contributed by atoms with E-state index >= 15 is 0 Å². The van der Waals surface area contributed by atoms with Crippen LogP contribution in [-0.4, -0.2) is 30.4 Å². The normalized spacial score (nSPS) is 18.7. The summed E-state index contributed by atoms with van der Waals surface area (Å²) < 4.78 is 0. The highest BCUT2D eigenvalue weighted by molar-refractivity contribution is 5.83. The van der Waals surface area contributed by atoms with E-state index in [2.05, 4.69) is 13.8 Å². The van der Waals surface area contributed by atoms with Gasteiger partial charge in [-0.15, -0.1) is 0 Å². The van der Waals surface area contributed by atoms with Crippen LogP contribution in [0.1, 0.15) is 52.4 Å². The minimum atomic E-state index is -0.219. The van der Waals surface area contributed by atoms with Crippen molar-refractivity contribution in [3.63, 3.8) is 0 Å². The molecule has 94 valence electrons. The molecule has 1 amide bonds. The molecule has 0 aliphatic heterocycles. The monoisotopic (exact) mass is 226 g/mol. The highest BCUT2D eigenvalue weighted by Crippen LogP contribution is 2.38. The van der Waals surface area contributed by atoms with Crippen molar-refractivity contribution in [2.24, 2.45) is 11.1 Å². The number of nitrogens with zero attached hydrogens (tertiary/aromatic N) is 1. The van der Waals surface area contributed by atoms with Gasteiger partial charge in [0.15, 0.2) is 0 Å². The number of hydrogen-bond donors (Lipinski definition) is 1. The van der Waals surface area contributed by atoms with Gasteiger partial charge in [-0.05, 0) is 26.2 Å². The quantitative estimate of drug-likeness (QED) is 0.754. The van der Waals surface area contributed by atoms with Gasteiger partial charge < -0.3 is 10.6 Å². The van der Waals surface area contributed by atoms with Crippen molar-refractivity contribution in [1.29, 1.82) is 0 Å². The van der Waals surface area contributed by atoms with E-state index in [4.69, 9.17) is 5.73 Å². The fourth-order valence-electron chi connectivity index (χ4n) is 2.64. The van der Waals surface area contributed by atoms with Crippen molar-refractivity contribution >= 4 is 5.91 Å². The average molecular weight is 226 g/mol.